The van der Waals surface area contributed by atoms with E-state index in [1.807, 2.05) is 68.4 Å². The first kappa shape index (κ1) is 33.9. The minimum atomic E-state index is -1.01. The Balaban J connectivity index is 1.30. The number of rotatable bonds is 4. The molecule has 7 rings (SSSR count). The Hall–Kier alpha value is -5.98. The molecule has 4 amide bonds. The molecule has 5 N–H and O–H groups in total. The largest absolute Gasteiger partial charge is 0.492 e. The van der Waals surface area contributed by atoms with E-state index in [4.69, 9.17) is 9.72 Å². The lowest BCUT2D eigenvalue weighted by atomic mass is 10.00. The van der Waals surface area contributed by atoms with Crippen LogP contribution >= 0.6 is 0 Å². The van der Waals surface area contributed by atoms with E-state index >= 15 is 0 Å². The quantitative estimate of drug-likeness (QED) is 0.194. The van der Waals surface area contributed by atoms with Crippen LogP contribution in [0.4, 0.5) is 0 Å². The molecule has 5 aromatic rings. The molecule has 50 heavy (non-hydrogen) atoms. The molecule has 3 aromatic carbocycles. The predicted octanol–water partition coefficient (Wildman–Crippen LogP) is 3.29. The number of amides is 4. The predicted molar refractivity (Wildman–Crippen MR) is 187 cm³/mol. The Morgan fingerprint density at radius 2 is 1.72 bits per heavy atom. The van der Waals surface area contributed by atoms with Crippen LogP contribution in [0.5, 0.6) is 5.75 Å². The molecule has 2 aliphatic heterocycles. The molecule has 2 aliphatic rings. The summed E-state index contributed by atoms with van der Waals surface area (Å²) in [5.41, 5.74) is 2.58. The molecule has 0 unspecified atom stereocenters. The van der Waals surface area contributed by atoms with Gasteiger partial charge in [-0.05, 0) is 42.7 Å². The molecule has 13 nitrogen and oxygen atoms in total. The molecule has 2 aromatic heterocycles. The Labute approximate surface area is 289 Å². The molecule has 0 fully saturated rings. The van der Waals surface area contributed by atoms with Crippen molar-refractivity contribution in [2.45, 2.75) is 51.9 Å². The molecule has 0 saturated heterocycles. The minimum Gasteiger partial charge on any atom is -0.492 e. The molecular formula is C37H40N8O5. The fraction of sp³-hybridized carbons (Fsp3) is 0.297. The smallest absolute Gasteiger partial charge is 0.254 e. The third kappa shape index (κ3) is 7.83. The molecule has 2 bridgehead atoms. The van der Waals surface area contributed by atoms with Gasteiger partial charge in [0.2, 0.25) is 17.7 Å². The van der Waals surface area contributed by atoms with Crippen LogP contribution < -0.4 is 26.0 Å². The van der Waals surface area contributed by atoms with E-state index in [1.54, 1.807) is 37.4 Å². The van der Waals surface area contributed by atoms with Crippen LogP contribution in [-0.2, 0) is 27.3 Å². The highest BCUT2D eigenvalue weighted by atomic mass is 16.5. The van der Waals surface area contributed by atoms with Crippen molar-refractivity contribution < 1.29 is 23.9 Å². The SMILES string of the molecule is CC(C)[C@H]1NC(=O)[C@@H](NC(=O)c2cccc3cc[nH]c23)Cc2ccc(cc2)OCCNC(=O)Cn2nc(-c3ccccc3)nc2[C@H](C)NC1=O. The van der Waals surface area contributed by atoms with E-state index in [0.29, 0.717) is 28.5 Å². The summed E-state index contributed by atoms with van der Waals surface area (Å²) in [6.07, 6.45) is 1.91. The van der Waals surface area contributed by atoms with Gasteiger partial charge in [0.15, 0.2) is 5.82 Å². The summed E-state index contributed by atoms with van der Waals surface area (Å²) in [5.74, 6) is -0.641. The van der Waals surface area contributed by atoms with Gasteiger partial charge in [-0.25, -0.2) is 9.67 Å². The zero-order valence-electron chi connectivity index (χ0n) is 28.1. The van der Waals surface area contributed by atoms with Gasteiger partial charge in [-0.15, -0.1) is 0 Å². The van der Waals surface area contributed by atoms with Crippen molar-refractivity contribution in [3.63, 3.8) is 0 Å². The number of nitrogens with zero attached hydrogens (tertiary/aromatic N) is 3. The van der Waals surface area contributed by atoms with Gasteiger partial charge < -0.3 is 31.0 Å². The number of benzene rings is 3. The first-order valence-electron chi connectivity index (χ1n) is 16.6. The van der Waals surface area contributed by atoms with Gasteiger partial charge in [-0.1, -0.05) is 68.4 Å². The maximum Gasteiger partial charge on any atom is 0.254 e. The summed E-state index contributed by atoms with van der Waals surface area (Å²) in [6.45, 7) is 5.74. The molecule has 0 radical (unpaired) electrons. The number of carbonyl (C=O) groups is 4. The van der Waals surface area contributed by atoms with Crippen molar-refractivity contribution in [2.75, 3.05) is 13.2 Å². The summed E-state index contributed by atoms with van der Waals surface area (Å²) < 4.78 is 7.32. The lowest BCUT2D eigenvalue weighted by Gasteiger charge is -2.27. The highest BCUT2D eigenvalue weighted by molar-refractivity contribution is 6.07. The lowest BCUT2D eigenvalue weighted by molar-refractivity contribution is -0.131. The number of nitrogens with one attached hydrogen (secondary N) is 5. The average Bonchev–Trinajstić information content (AvgIpc) is 3.77. The number of H-pyrrole nitrogens is 1. The van der Waals surface area contributed by atoms with Crippen LogP contribution in [0.3, 0.4) is 0 Å². The average molecular weight is 677 g/mol. The number of para-hydroxylation sites is 1. The Bertz CT molecular complexity index is 1990. The molecule has 0 saturated carbocycles. The summed E-state index contributed by atoms with van der Waals surface area (Å²) >= 11 is 0. The molecule has 258 valence electrons. The van der Waals surface area contributed by atoms with Crippen molar-refractivity contribution >= 4 is 34.5 Å². The van der Waals surface area contributed by atoms with E-state index in [1.165, 1.54) is 4.68 Å². The molecule has 13 heteroatoms. The van der Waals surface area contributed by atoms with Crippen LogP contribution in [-0.4, -0.2) is 68.6 Å². The second-order valence-corrected chi connectivity index (χ2v) is 12.6. The minimum absolute atomic E-state index is 0.133. The highest BCUT2D eigenvalue weighted by Gasteiger charge is 2.31. The fourth-order valence-electron chi connectivity index (χ4n) is 5.89. The van der Waals surface area contributed by atoms with Gasteiger partial charge in [0.25, 0.3) is 5.91 Å². The summed E-state index contributed by atoms with van der Waals surface area (Å²) in [7, 11) is 0. The maximum atomic E-state index is 14.0. The van der Waals surface area contributed by atoms with E-state index in [2.05, 4.69) is 31.3 Å². The van der Waals surface area contributed by atoms with Crippen LogP contribution in [0, 0.1) is 5.92 Å². The third-order valence-electron chi connectivity index (χ3n) is 8.53. The topological polar surface area (TPSA) is 172 Å². The molecular weight excluding hydrogens is 636 g/mol. The number of ether oxygens (including phenoxy) is 1. The van der Waals surface area contributed by atoms with Crippen molar-refractivity contribution in [1.82, 2.24) is 41.0 Å². The van der Waals surface area contributed by atoms with Crippen molar-refractivity contribution in [1.29, 1.82) is 0 Å². The van der Waals surface area contributed by atoms with Crippen LogP contribution in [0.2, 0.25) is 0 Å². The number of fused-ring (bicyclic) bond motifs is 15. The normalized spacial score (nSPS) is 19.2. The monoisotopic (exact) mass is 676 g/mol. The molecule has 4 heterocycles. The first-order valence-corrected chi connectivity index (χ1v) is 16.6. The van der Waals surface area contributed by atoms with Crippen molar-refractivity contribution in [3.05, 3.63) is 102 Å². The van der Waals surface area contributed by atoms with E-state index in [0.717, 1.165) is 16.5 Å². The Morgan fingerprint density at radius 3 is 2.48 bits per heavy atom. The van der Waals surface area contributed by atoms with Crippen LogP contribution in [0.15, 0.2) is 85.1 Å². The van der Waals surface area contributed by atoms with Gasteiger partial charge in [-0.2, -0.15) is 5.10 Å². The number of aromatic amines is 1. The number of aromatic nitrogens is 4. The summed E-state index contributed by atoms with van der Waals surface area (Å²) in [4.78, 5) is 62.2. The van der Waals surface area contributed by atoms with E-state index in [-0.39, 0.29) is 37.9 Å². The van der Waals surface area contributed by atoms with Crippen LogP contribution in [0.1, 0.15) is 48.6 Å². The molecule has 3 atom stereocenters. The van der Waals surface area contributed by atoms with Crippen LogP contribution in [0.25, 0.3) is 22.3 Å². The third-order valence-corrected chi connectivity index (χ3v) is 8.53. The zero-order chi connectivity index (χ0) is 35.2. The second-order valence-electron chi connectivity index (χ2n) is 12.6. The maximum absolute atomic E-state index is 14.0. The van der Waals surface area contributed by atoms with Crippen molar-refractivity contribution in [2.24, 2.45) is 5.92 Å². The second kappa shape index (κ2) is 15.1. The summed E-state index contributed by atoms with van der Waals surface area (Å²) in [5, 5.41) is 17.1. The van der Waals surface area contributed by atoms with Gasteiger partial charge in [-0.3, -0.25) is 19.2 Å². The Kier molecular flexibility index (Phi) is 10.2. The summed E-state index contributed by atoms with van der Waals surface area (Å²) in [6, 6.07) is 21.1. The highest BCUT2D eigenvalue weighted by Crippen LogP contribution is 2.21. The van der Waals surface area contributed by atoms with Gasteiger partial charge >= 0.3 is 0 Å². The van der Waals surface area contributed by atoms with E-state index in [9.17, 15) is 19.2 Å². The fourth-order valence-corrected chi connectivity index (χ4v) is 5.89. The van der Waals surface area contributed by atoms with E-state index < -0.39 is 35.8 Å². The number of hydrogen-bond donors (Lipinski definition) is 5. The number of carbonyl (C=O) groups excluding carboxylic acids is 4. The standard InChI is InChI=1S/C37H40N8O5/c1-22(2)31-37(49)40-23(3)34-43-33(26-8-5-4-6-9-26)44-45(34)21-30(46)38-18-19-50-27-14-12-24(13-15-27)20-29(36(48)42-31)41-35(47)28-11-7-10-25-16-17-39-32(25)28/h4-17,22-23,29,31,39H,18-21H2,1-3H3,(H,38,46)(H,40,49)(H,41,47)(H,42,48)/t23-,29-,31+/m0/s1. The number of hydrogen-bond acceptors (Lipinski definition) is 7. The first-order chi connectivity index (χ1) is 24.2. The van der Waals surface area contributed by atoms with Crippen molar-refractivity contribution in [3.8, 4) is 17.1 Å². The molecule has 0 spiro atoms. The lowest BCUT2D eigenvalue weighted by Crippen LogP contribution is -2.56. The zero-order valence-corrected chi connectivity index (χ0v) is 28.1. The van der Waals surface area contributed by atoms with Gasteiger partial charge in [0.1, 0.15) is 36.8 Å². The Morgan fingerprint density at radius 1 is 0.940 bits per heavy atom. The van der Waals surface area contributed by atoms with Gasteiger partial charge in [0.05, 0.1) is 23.7 Å². The van der Waals surface area contributed by atoms with Gasteiger partial charge in [0, 0.05) is 23.6 Å². The molecule has 0 aliphatic carbocycles.